The zero-order valence-corrected chi connectivity index (χ0v) is 15.8. The van der Waals surface area contributed by atoms with Gasteiger partial charge in [0.1, 0.15) is 0 Å². The molecule has 0 aliphatic carbocycles. The first-order chi connectivity index (χ1) is 11.6. The van der Waals surface area contributed by atoms with Gasteiger partial charge in [-0.3, -0.25) is 4.99 Å². The molecule has 0 amide bonds. The Morgan fingerprint density at radius 1 is 1.17 bits per heavy atom. The average Bonchev–Trinajstić information content (AvgIpc) is 2.59. The van der Waals surface area contributed by atoms with Gasteiger partial charge in [-0.1, -0.05) is 19.4 Å². The number of ether oxygens (including phenoxy) is 2. The number of hydrogen-bond donors (Lipinski definition) is 2. The fourth-order valence-electron chi connectivity index (χ4n) is 2.46. The highest BCUT2D eigenvalue weighted by Crippen LogP contribution is 2.31. The van der Waals surface area contributed by atoms with Crippen LogP contribution in [-0.4, -0.2) is 59.3 Å². The number of hydrogen-bond acceptors (Lipinski definition) is 4. The van der Waals surface area contributed by atoms with Crippen molar-refractivity contribution in [2.24, 2.45) is 4.99 Å². The van der Waals surface area contributed by atoms with Crippen LogP contribution in [-0.2, 0) is 0 Å². The van der Waals surface area contributed by atoms with Gasteiger partial charge in [0, 0.05) is 20.1 Å². The van der Waals surface area contributed by atoms with E-state index >= 15 is 0 Å². The molecule has 24 heavy (non-hydrogen) atoms. The molecule has 1 atom stereocenters. The molecule has 0 aliphatic rings. The molecule has 1 rings (SSSR count). The third-order valence-electron chi connectivity index (χ3n) is 3.92. The fourth-order valence-corrected chi connectivity index (χ4v) is 2.46. The molecule has 0 saturated carbocycles. The van der Waals surface area contributed by atoms with Crippen molar-refractivity contribution in [3.8, 4) is 11.5 Å². The van der Waals surface area contributed by atoms with E-state index in [4.69, 9.17) is 9.47 Å². The summed E-state index contributed by atoms with van der Waals surface area (Å²) in [5, 5.41) is 6.73. The SMILES string of the molecule is CCCCNC(=NC)NCC(c1ccc(OC)c(OC)c1)N(C)C. The number of nitrogens with zero attached hydrogens (tertiary/aromatic N) is 2. The average molecular weight is 336 g/mol. The van der Waals surface area contributed by atoms with Gasteiger partial charge in [0.2, 0.25) is 0 Å². The minimum Gasteiger partial charge on any atom is -0.493 e. The third-order valence-corrected chi connectivity index (χ3v) is 3.92. The maximum atomic E-state index is 5.42. The van der Waals surface area contributed by atoms with Crippen LogP contribution < -0.4 is 20.1 Å². The first-order valence-electron chi connectivity index (χ1n) is 8.40. The van der Waals surface area contributed by atoms with E-state index in [1.165, 1.54) is 0 Å². The van der Waals surface area contributed by atoms with Crippen LogP contribution in [0, 0.1) is 0 Å². The Hall–Kier alpha value is -1.95. The van der Waals surface area contributed by atoms with Crippen LogP contribution >= 0.6 is 0 Å². The van der Waals surface area contributed by atoms with Gasteiger partial charge < -0.3 is 25.0 Å². The maximum Gasteiger partial charge on any atom is 0.191 e. The quantitative estimate of drug-likeness (QED) is 0.412. The van der Waals surface area contributed by atoms with E-state index in [1.54, 1.807) is 21.3 Å². The lowest BCUT2D eigenvalue weighted by Crippen LogP contribution is -2.42. The van der Waals surface area contributed by atoms with Crippen molar-refractivity contribution >= 4 is 5.96 Å². The van der Waals surface area contributed by atoms with E-state index in [0.717, 1.165) is 49.0 Å². The van der Waals surface area contributed by atoms with E-state index in [0.29, 0.717) is 0 Å². The Bertz CT molecular complexity index is 518. The minimum absolute atomic E-state index is 0.189. The molecule has 0 radical (unpaired) electrons. The Kier molecular flexibility index (Phi) is 9.01. The Balaban J connectivity index is 2.80. The zero-order chi connectivity index (χ0) is 17.9. The summed E-state index contributed by atoms with van der Waals surface area (Å²) in [5.41, 5.74) is 1.16. The Labute approximate surface area is 146 Å². The van der Waals surface area contributed by atoms with Crippen LogP contribution in [0.15, 0.2) is 23.2 Å². The number of benzene rings is 1. The van der Waals surface area contributed by atoms with E-state index in [9.17, 15) is 0 Å². The van der Waals surface area contributed by atoms with Crippen molar-refractivity contribution in [2.75, 3.05) is 48.5 Å². The molecule has 1 unspecified atom stereocenters. The summed E-state index contributed by atoms with van der Waals surface area (Å²) >= 11 is 0. The fraction of sp³-hybridized carbons (Fsp3) is 0.611. The van der Waals surface area contributed by atoms with Crippen LogP contribution in [0.1, 0.15) is 31.4 Å². The molecule has 6 nitrogen and oxygen atoms in total. The minimum atomic E-state index is 0.189. The molecule has 1 aromatic carbocycles. The van der Waals surface area contributed by atoms with Crippen LogP contribution in [0.25, 0.3) is 0 Å². The molecular weight excluding hydrogens is 304 g/mol. The zero-order valence-electron chi connectivity index (χ0n) is 15.8. The molecule has 0 aromatic heterocycles. The summed E-state index contributed by atoms with van der Waals surface area (Å²) in [7, 11) is 9.23. The van der Waals surface area contributed by atoms with Crippen LogP contribution in [0.2, 0.25) is 0 Å². The molecule has 6 heteroatoms. The summed E-state index contributed by atoms with van der Waals surface area (Å²) in [6.07, 6.45) is 2.30. The number of rotatable bonds is 9. The molecule has 0 bridgehead atoms. The van der Waals surface area contributed by atoms with E-state index in [-0.39, 0.29) is 6.04 Å². The van der Waals surface area contributed by atoms with Gasteiger partial charge >= 0.3 is 0 Å². The predicted octanol–water partition coefficient (Wildman–Crippen LogP) is 2.27. The first-order valence-corrected chi connectivity index (χ1v) is 8.40. The lowest BCUT2D eigenvalue weighted by molar-refractivity contribution is 0.295. The van der Waals surface area contributed by atoms with Gasteiger partial charge in [-0.05, 0) is 38.2 Å². The summed E-state index contributed by atoms with van der Waals surface area (Å²) in [6, 6.07) is 6.23. The van der Waals surface area contributed by atoms with Gasteiger partial charge in [-0.25, -0.2) is 0 Å². The second kappa shape index (κ2) is 10.8. The lowest BCUT2D eigenvalue weighted by atomic mass is 10.1. The van der Waals surface area contributed by atoms with E-state index in [1.807, 2.05) is 12.1 Å². The van der Waals surface area contributed by atoms with Gasteiger partial charge in [-0.15, -0.1) is 0 Å². The molecular formula is C18H32N4O2. The van der Waals surface area contributed by atoms with Crippen molar-refractivity contribution in [3.05, 3.63) is 23.8 Å². The number of methoxy groups -OCH3 is 2. The van der Waals surface area contributed by atoms with Crippen LogP contribution in [0.4, 0.5) is 0 Å². The molecule has 0 heterocycles. The Morgan fingerprint density at radius 2 is 1.88 bits per heavy atom. The van der Waals surface area contributed by atoms with Gasteiger partial charge in [0.15, 0.2) is 17.5 Å². The molecule has 0 spiro atoms. The number of guanidine groups is 1. The molecule has 2 N–H and O–H groups in total. The largest absolute Gasteiger partial charge is 0.493 e. The van der Waals surface area contributed by atoms with Crippen molar-refractivity contribution < 1.29 is 9.47 Å². The highest BCUT2D eigenvalue weighted by molar-refractivity contribution is 5.79. The van der Waals surface area contributed by atoms with E-state index < -0.39 is 0 Å². The van der Waals surface area contributed by atoms with Gasteiger partial charge in [0.25, 0.3) is 0 Å². The summed E-state index contributed by atoms with van der Waals surface area (Å²) < 4.78 is 10.7. The maximum absolute atomic E-state index is 5.42. The summed E-state index contributed by atoms with van der Waals surface area (Å²) in [4.78, 5) is 6.45. The number of nitrogens with one attached hydrogen (secondary N) is 2. The van der Waals surface area contributed by atoms with Gasteiger partial charge in [0.05, 0.1) is 20.3 Å². The summed E-state index contributed by atoms with van der Waals surface area (Å²) in [6.45, 7) is 3.85. The van der Waals surface area contributed by atoms with Crippen molar-refractivity contribution in [1.29, 1.82) is 0 Å². The molecule has 1 aromatic rings. The standard InChI is InChI=1S/C18H32N4O2/c1-7-8-11-20-18(19-2)21-13-15(22(3)4)14-9-10-16(23-5)17(12-14)24-6/h9-10,12,15H,7-8,11,13H2,1-6H3,(H2,19,20,21). The Morgan fingerprint density at radius 3 is 2.42 bits per heavy atom. The number of likely N-dealkylation sites (N-methyl/N-ethyl adjacent to an activating group) is 1. The second-order valence-electron chi connectivity index (χ2n) is 5.83. The predicted molar refractivity (Wildman–Crippen MR) is 100 cm³/mol. The van der Waals surface area contributed by atoms with Crippen LogP contribution in [0.3, 0.4) is 0 Å². The monoisotopic (exact) mass is 336 g/mol. The first kappa shape index (κ1) is 20.1. The van der Waals surface area contributed by atoms with Crippen molar-refractivity contribution in [3.63, 3.8) is 0 Å². The smallest absolute Gasteiger partial charge is 0.191 e. The van der Waals surface area contributed by atoms with Gasteiger partial charge in [-0.2, -0.15) is 0 Å². The number of unbranched alkanes of at least 4 members (excludes halogenated alkanes) is 1. The highest BCUT2D eigenvalue weighted by Gasteiger charge is 2.17. The van der Waals surface area contributed by atoms with Crippen molar-refractivity contribution in [1.82, 2.24) is 15.5 Å². The lowest BCUT2D eigenvalue weighted by Gasteiger charge is -2.26. The van der Waals surface area contributed by atoms with E-state index in [2.05, 4.69) is 47.6 Å². The third kappa shape index (κ3) is 5.92. The highest BCUT2D eigenvalue weighted by atomic mass is 16.5. The molecule has 136 valence electrons. The summed E-state index contributed by atoms with van der Waals surface area (Å²) in [5.74, 6) is 2.31. The van der Waals surface area contributed by atoms with Crippen molar-refractivity contribution in [2.45, 2.75) is 25.8 Å². The second-order valence-corrected chi connectivity index (χ2v) is 5.83. The normalized spacial score (nSPS) is 12.9. The number of aliphatic imine (C=N–C) groups is 1. The van der Waals surface area contributed by atoms with Crippen LogP contribution in [0.5, 0.6) is 11.5 Å². The molecule has 0 saturated heterocycles. The molecule has 0 aliphatic heterocycles. The molecule has 0 fully saturated rings. The topological polar surface area (TPSA) is 58.1 Å².